The van der Waals surface area contributed by atoms with Crippen LogP contribution in [0.3, 0.4) is 0 Å². The van der Waals surface area contributed by atoms with Crippen LogP contribution in [0.4, 0.5) is 16.2 Å². The number of anilines is 2. The number of benzene rings is 1. The molecule has 1 unspecified atom stereocenters. The largest absolute Gasteiger partial charge is 0.446 e. The number of hydrogen-bond acceptors (Lipinski definition) is 5. The summed E-state index contributed by atoms with van der Waals surface area (Å²) >= 11 is 0. The molecule has 1 aromatic carbocycles. The predicted octanol–water partition coefficient (Wildman–Crippen LogP) is 4.93. The van der Waals surface area contributed by atoms with E-state index in [1.165, 1.54) is 6.42 Å². The SMILES string of the molecule is CC(=O)N1c2ccc(-c3cnn(C4CCOCC4)c3)cc2N(C(=O)OC2CCCCC2)CC1C. The van der Waals surface area contributed by atoms with E-state index >= 15 is 0 Å². The second kappa shape index (κ2) is 9.78. The molecule has 1 saturated heterocycles. The van der Waals surface area contributed by atoms with Crippen LogP contribution in [-0.4, -0.2) is 53.7 Å². The van der Waals surface area contributed by atoms with Gasteiger partial charge in [0.25, 0.3) is 0 Å². The molecule has 0 bridgehead atoms. The number of amides is 2. The average Bonchev–Trinajstić information content (AvgIpc) is 3.34. The Morgan fingerprint density at radius 3 is 2.53 bits per heavy atom. The fraction of sp³-hybridized carbons (Fsp3) is 0.577. The van der Waals surface area contributed by atoms with Crippen molar-refractivity contribution in [3.05, 3.63) is 30.6 Å². The highest BCUT2D eigenvalue weighted by Crippen LogP contribution is 2.39. The lowest BCUT2D eigenvalue weighted by molar-refractivity contribution is -0.117. The van der Waals surface area contributed by atoms with Crippen LogP contribution in [0, 0.1) is 0 Å². The van der Waals surface area contributed by atoms with Crippen LogP contribution < -0.4 is 9.80 Å². The molecule has 34 heavy (non-hydrogen) atoms. The van der Waals surface area contributed by atoms with Gasteiger partial charge in [0.1, 0.15) is 6.10 Å². The maximum absolute atomic E-state index is 13.3. The number of aromatic nitrogens is 2. The maximum Gasteiger partial charge on any atom is 0.414 e. The first kappa shape index (κ1) is 22.9. The lowest BCUT2D eigenvalue weighted by Crippen LogP contribution is -2.52. The molecule has 0 spiro atoms. The monoisotopic (exact) mass is 466 g/mol. The van der Waals surface area contributed by atoms with Crippen LogP contribution in [0.1, 0.15) is 64.8 Å². The summed E-state index contributed by atoms with van der Waals surface area (Å²) in [5.74, 6) is -0.0332. The van der Waals surface area contributed by atoms with Gasteiger partial charge in [-0.2, -0.15) is 5.10 Å². The molecule has 8 nitrogen and oxygen atoms in total. The van der Waals surface area contributed by atoms with Crippen LogP contribution in [-0.2, 0) is 14.3 Å². The maximum atomic E-state index is 13.3. The molecule has 2 fully saturated rings. The Kier molecular flexibility index (Phi) is 6.59. The Morgan fingerprint density at radius 2 is 1.79 bits per heavy atom. The van der Waals surface area contributed by atoms with Crippen LogP contribution >= 0.6 is 0 Å². The molecule has 0 radical (unpaired) electrons. The van der Waals surface area contributed by atoms with E-state index < -0.39 is 0 Å². The first-order valence-electron chi connectivity index (χ1n) is 12.6. The van der Waals surface area contributed by atoms with Gasteiger partial charge >= 0.3 is 6.09 Å². The Bertz CT molecular complexity index is 1040. The van der Waals surface area contributed by atoms with Gasteiger partial charge in [0.05, 0.1) is 29.7 Å². The minimum atomic E-state index is -0.321. The minimum absolute atomic E-state index is 0.0215. The molecular formula is C26H34N4O4. The molecule has 0 N–H and O–H groups in total. The van der Waals surface area contributed by atoms with E-state index in [0.29, 0.717) is 18.3 Å². The predicted molar refractivity (Wildman–Crippen MR) is 130 cm³/mol. The van der Waals surface area contributed by atoms with Crippen molar-refractivity contribution in [2.24, 2.45) is 0 Å². The first-order valence-corrected chi connectivity index (χ1v) is 12.6. The highest BCUT2D eigenvalue weighted by molar-refractivity contribution is 6.03. The quantitative estimate of drug-likeness (QED) is 0.641. The third-order valence-electron chi connectivity index (χ3n) is 7.29. The van der Waals surface area contributed by atoms with Gasteiger partial charge in [0.15, 0.2) is 0 Å². The second-order valence-corrected chi connectivity index (χ2v) is 9.75. The van der Waals surface area contributed by atoms with E-state index in [9.17, 15) is 9.59 Å². The van der Waals surface area contributed by atoms with Gasteiger partial charge in [-0.15, -0.1) is 0 Å². The topological polar surface area (TPSA) is 76.9 Å². The van der Waals surface area contributed by atoms with E-state index in [1.807, 2.05) is 36.0 Å². The van der Waals surface area contributed by atoms with Crippen molar-refractivity contribution in [1.82, 2.24) is 9.78 Å². The molecule has 3 heterocycles. The van der Waals surface area contributed by atoms with Gasteiger partial charge in [-0.3, -0.25) is 14.4 Å². The summed E-state index contributed by atoms with van der Waals surface area (Å²) in [5.41, 5.74) is 3.41. The van der Waals surface area contributed by atoms with Crippen molar-refractivity contribution in [3.63, 3.8) is 0 Å². The summed E-state index contributed by atoms with van der Waals surface area (Å²) < 4.78 is 13.4. The Balaban J connectivity index is 1.45. The number of carbonyl (C=O) groups is 2. The van der Waals surface area contributed by atoms with Crippen molar-refractivity contribution in [2.45, 2.75) is 77.0 Å². The van der Waals surface area contributed by atoms with Gasteiger partial charge in [0, 0.05) is 38.4 Å². The molecule has 3 aliphatic rings. The Labute approximate surface area is 200 Å². The third kappa shape index (κ3) is 4.56. The Hall–Kier alpha value is -2.87. The van der Waals surface area contributed by atoms with Gasteiger partial charge < -0.3 is 14.4 Å². The van der Waals surface area contributed by atoms with Crippen molar-refractivity contribution in [3.8, 4) is 11.1 Å². The molecular weight excluding hydrogens is 432 g/mol. The lowest BCUT2D eigenvalue weighted by Gasteiger charge is -2.41. The zero-order valence-corrected chi connectivity index (χ0v) is 20.1. The minimum Gasteiger partial charge on any atom is -0.446 e. The molecule has 2 aliphatic heterocycles. The van der Waals surface area contributed by atoms with Crippen molar-refractivity contribution in [1.29, 1.82) is 0 Å². The van der Waals surface area contributed by atoms with Crippen molar-refractivity contribution >= 4 is 23.4 Å². The van der Waals surface area contributed by atoms with Crippen molar-refractivity contribution in [2.75, 3.05) is 29.6 Å². The van der Waals surface area contributed by atoms with E-state index in [1.54, 1.807) is 16.7 Å². The average molecular weight is 467 g/mol. The molecule has 1 aliphatic carbocycles. The highest BCUT2D eigenvalue weighted by Gasteiger charge is 2.35. The smallest absolute Gasteiger partial charge is 0.414 e. The summed E-state index contributed by atoms with van der Waals surface area (Å²) in [5, 5.41) is 4.61. The standard InChI is InChI=1S/C26H34N4O4/c1-18-16-28(26(32)34-23-6-4-3-5-7-23)25-14-20(8-9-24(25)30(18)19(2)31)21-15-27-29(17-21)22-10-12-33-13-11-22/h8-9,14-15,17-18,22-23H,3-7,10-13,16H2,1-2H3. The van der Waals surface area contributed by atoms with Crippen LogP contribution in [0.5, 0.6) is 0 Å². The van der Waals surface area contributed by atoms with Crippen molar-refractivity contribution < 1.29 is 19.1 Å². The molecule has 1 saturated carbocycles. The zero-order valence-electron chi connectivity index (χ0n) is 20.1. The number of nitrogens with zero attached hydrogens (tertiary/aromatic N) is 4. The Morgan fingerprint density at radius 1 is 1.03 bits per heavy atom. The normalized spacial score (nSPS) is 21.9. The van der Waals surface area contributed by atoms with E-state index in [2.05, 4.69) is 11.3 Å². The van der Waals surface area contributed by atoms with E-state index in [0.717, 1.165) is 68.6 Å². The number of hydrogen-bond donors (Lipinski definition) is 0. The van der Waals surface area contributed by atoms with E-state index in [-0.39, 0.29) is 24.1 Å². The van der Waals surface area contributed by atoms with Gasteiger partial charge in [-0.05, 0) is 63.1 Å². The molecule has 5 rings (SSSR count). The molecule has 1 atom stereocenters. The first-order chi connectivity index (χ1) is 16.5. The number of fused-ring (bicyclic) bond motifs is 1. The number of rotatable bonds is 3. The fourth-order valence-corrected chi connectivity index (χ4v) is 5.48. The lowest BCUT2D eigenvalue weighted by atomic mass is 9.98. The highest BCUT2D eigenvalue weighted by atomic mass is 16.6. The number of carbonyl (C=O) groups excluding carboxylic acids is 2. The summed E-state index contributed by atoms with van der Waals surface area (Å²) in [6.45, 7) is 5.47. The van der Waals surface area contributed by atoms with Crippen LogP contribution in [0.25, 0.3) is 11.1 Å². The summed E-state index contributed by atoms with van der Waals surface area (Å²) in [7, 11) is 0. The van der Waals surface area contributed by atoms with Gasteiger partial charge in [-0.1, -0.05) is 12.5 Å². The zero-order chi connectivity index (χ0) is 23.7. The van der Waals surface area contributed by atoms with Crippen LogP contribution in [0.15, 0.2) is 30.6 Å². The third-order valence-corrected chi connectivity index (χ3v) is 7.29. The van der Waals surface area contributed by atoms with Gasteiger partial charge in [0.2, 0.25) is 5.91 Å². The van der Waals surface area contributed by atoms with Gasteiger partial charge in [-0.25, -0.2) is 4.79 Å². The van der Waals surface area contributed by atoms with E-state index in [4.69, 9.17) is 9.47 Å². The summed E-state index contributed by atoms with van der Waals surface area (Å²) in [6.07, 6.45) is 10.8. The molecule has 8 heteroatoms. The molecule has 2 aromatic rings. The molecule has 2 amide bonds. The van der Waals surface area contributed by atoms with Crippen LogP contribution in [0.2, 0.25) is 0 Å². The second-order valence-electron chi connectivity index (χ2n) is 9.75. The summed E-state index contributed by atoms with van der Waals surface area (Å²) in [6, 6.07) is 6.14. The fourth-order valence-electron chi connectivity index (χ4n) is 5.48. The molecule has 182 valence electrons. The molecule has 1 aromatic heterocycles. The number of ether oxygens (including phenoxy) is 2. The summed E-state index contributed by atoms with van der Waals surface area (Å²) in [4.78, 5) is 29.2.